The molecule has 0 saturated carbocycles. The summed E-state index contributed by atoms with van der Waals surface area (Å²) in [6.07, 6.45) is 8.22. The second-order valence-corrected chi connectivity index (χ2v) is 6.10. The molecule has 2 heterocycles. The minimum atomic E-state index is 0. The van der Waals surface area contributed by atoms with Crippen LogP contribution in [0, 0.1) is 11.8 Å². The Morgan fingerprint density at radius 2 is 1.89 bits per heavy atom. The number of hydrogen-bond acceptors (Lipinski definition) is 3. The fourth-order valence-corrected chi connectivity index (χ4v) is 3.43. The Morgan fingerprint density at radius 3 is 2.63 bits per heavy atom. The van der Waals surface area contributed by atoms with Crippen LogP contribution in [0.2, 0.25) is 0 Å². The number of piperidine rings is 1. The number of halogens is 1. The van der Waals surface area contributed by atoms with Crippen LogP contribution >= 0.6 is 12.4 Å². The fourth-order valence-electron chi connectivity index (χ4n) is 3.43. The molecule has 2 saturated heterocycles. The number of rotatable bonds is 5. The van der Waals surface area contributed by atoms with Gasteiger partial charge in [-0.15, -0.1) is 12.4 Å². The predicted octanol–water partition coefficient (Wildman–Crippen LogP) is 2.55. The summed E-state index contributed by atoms with van der Waals surface area (Å²) in [5.41, 5.74) is 0. The van der Waals surface area contributed by atoms with Gasteiger partial charge in [0.05, 0.1) is 0 Å². The Bertz CT molecular complexity index is 222. The van der Waals surface area contributed by atoms with Gasteiger partial charge in [0.2, 0.25) is 0 Å². The summed E-state index contributed by atoms with van der Waals surface area (Å²) in [6.45, 7) is 7.37. The summed E-state index contributed by atoms with van der Waals surface area (Å²) < 4.78 is 5.24. The minimum Gasteiger partial charge on any atom is -0.385 e. The van der Waals surface area contributed by atoms with Crippen molar-refractivity contribution in [2.45, 2.75) is 38.5 Å². The summed E-state index contributed by atoms with van der Waals surface area (Å²) in [6, 6.07) is 0. The van der Waals surface area contributed by atoms with E-state index in [0.29, 0.717) is 0 Å². The van der Waals surface area contributed by atoms with Crippen LogP contribution in [-0.2, 0) is 4.74 Å². The summed E-state index contributed by atoms with van der Waals surface area (Å²) in [4.78, 5) is 2.74. The molecule has 0 aromatic rings. The third kappa shape index (κ3) is 6.44. The van der Waals surface area contributed by atoms with Crippen LogP contribution in [-0.4, -0.2) is 51.3 Å². The lowest BCUT2D eigenvalue weighted by Gasteiger charge is -2.30. The first kappa shape index (κ1) is 17.2. The van der Waals surface area contributed by atoms with E-state index in [1.54, 1.807) is 0 Å². The van der Waals surface area contributed by atoms with E-state index in [9.17, 15) is 0 Å². The van der Waals surface area contributed by atoms with Gasteiger partial charge < -0.3 is 15.0 Å². The third-order valence-electron chi connectivity index (χ3n) is 4.56. The SMILES string of the molecule is COCCC1CCCCN(CC2CCNCC2)C1.Cl. The molecule has 0 aliphatic carbocycles. The van der Waals surface area contributed by atoms with Crippen molar-refractivity contribution in [3.05, 3.63) is 0 Å². The molecule has 2 aliphatic heterocycles. The molecule has 0 aromatic heterocycles. The monoisotopic (exact) mass is 290 g/mol. The van der Waals surface area contributed by atoms with Crippen LogP contribution in [0.1, 0.15) is 38.5 Å². The maximum atomic E-state index is 5.24. The van der Waals surface area contributed by atoms with Gasteiger partial charge in [0.25, 0.3) is 0 Å². The number of methoxy groups -OCH3 is 1. The van der Waals surface area contributed by atoms with Crippen molar-refractivity contribution in [3.8, 4) is 0 Å². The van der Waals surface area contributed by atoms with Gasteiger partial charge in [0, 0.05) is 26.8 Å². The van der Waals surface area contributed by atoms with Crippen LogP contribution < -0.4 is 5.32 Å². The molecule has 4 heteroatoms. The highest BCUT2D eigenvalue weighted by Crippen LogP contribution is 2.22. The molecular weight excluding hydrogens is 260 g/mol. The molecule has 1 atom stereocenters. The average molecular weight is 291 g/mol. The molecule has 0 amide bonds. The fraction of sp³-hybridized carbons (Fsp3) is 1.00. The van der Waals surface area contributed by atoms with Crippen molar-refractivity contribution in [1.82, 2.24) is 10.2 Å². The van der Waals surface area contributed by atoms with Gasteiger partial charge in [-0.1, -0.05) is 6.42 Å². The first-order valence-corrected chi connectivity index (χ1v) is 7.80. The van der Waals surface area contributed by atoms with E-state index in [2.05, 4.69) is 10.2 Å². The van der Waals surface area contributed by atoms with Gasteiger partial charge in [-0.05, 0) is 63.6 Å². The zero-order chi connectivity index (χ0) is 12.6. The van der Waals surface area contributed by atoms with Crippen molar-refractivity contribution in [2.75, 3.05) is 46.4 Å². The highest BCUT2D eigenvalue weighted by molar-refractivity contribution is 5.85. The molecule has 0 radical (unpaired) electrons. The highest BCUT2D eigenvalue weighted by Gasteiger charge is 2.21. The van der Waals surface area contributed by atoms with E-state index in [1.165, 1.54) is 71.2 Å². The zero-order valence-corrected chi connectivity index (χ0v) is 13.2. The van der Waals surface area contributed by atoms with Crippen molar-refractivity contribution >= 4 is 12.4 Å². The third-order valence-corrected chi connectivity index (χ3v) is 4.56. The topological polar surface area (TPSA) is 24.5 Å². The maximum Gasteiger partial charge on any atom is 0.0465 e. The lowest BCUT2D eigenvalue weighted by atomic mass is 9.96. The number of likely N-dealkylation sites (tertiary alicyclic amines) is 1. The van der Waals surface area contributed by atoms with Crippen LogP contribution in [0.25, 0.3) is 0 Å². The van der Waals surface area contributed by atoms with Gasteiger partial charge >= 0.3 is 0 Å². The minimum absolute atomic E-state index is 0. The van der Waals surface area contributed by atoms with Crippen molar-refractivity contribution < 1.29 is 4.74 Å². The smallest absolute Gasteiger partial charge is 0.0465 e. The Balaban J connectivity index is 0.00000180. The number of nitrogens with zero attached hydrogens (tertiary/aromatic N) is 1. The maximum absolute atomic E-state index is 5.24. The molecule has 19 heavy (non-hydrogen) atoms. The molecule has 114 valence electrons. The molecule has 0 bridgehead atoms. The van der Waals surface area contributed by atoms with Crippen LogP contribution in [0.4, 0.5) is 0 Å². The van der Waals surface area contributed by atoms with E-state index in [0.717, 1.165) is 18.4 Å². The average Bonchev–Trinajstić information content (AvgIpc) is 2.63. The van der Waals surface area contributed by atoms with Gasteiger partial charge in [0.1, 0.15) is 0 Å². The van der Waals surface area contributed by atoms with Crippen molar-refractivity contribution in [3.63, 3.8) is 0 Å². The van der Waals surface area contributed by atoms with Crippen LogP contribution in [0.3, 0.4) is 0 Å². The molecule has 1 N–H and O–H groups in total. The van der Waals surface area contributed by atoms with Gasteiger partial charge in [0.15, 0.2) is 0 Å². The summed E-state index contributed by atoms with van der Waals surface area (Å²) in [7, 11) is 1.82. The predicted molar refractivity (Wildman–Crippen MR) is 83.1 cm³/mol. The first-order chi connectivity index (χ1) is 8.88. The molecule has 2 rings (SSSR count). The van der Waals surface area contributed by atoms with E-state index in [-0.39, 0.29) is 12.4 Å². The van der Waals surface area contributed by atoms with Gasteiger partial charge in [-0.3, -0.25) is 0 Å². The first-order valence-electron chi connectivity index (χ1n) is 7.80. The Hall–Kier alpha value is 0.170. The number of nitrogens with one attached hydrogen (secondary N) is 1. The van der Waals surface area contributed by atoms with Crippen LogP contribution in [0.5, 0.6) is 0 Å². The Morgan fingerprint density at radius 1 is 1.11 bits per heavy atom. The molecule has 1 unspecified atom stereocenters. The lowest BCUT2D eigenvalue weighted by Crippen LogP contribution is -2.38. The Labute approximate surface area is 124 Å². The lowest BCUT2D eigenvalue weighted by molar-refractivity contribution is 0.149. The summed E-state index contributed by atoms with van der Waals surface area (Å²) in [5, 5.41) is 3.47. The van der Waals surface area contributed by atoms with E-state index in [4.69, 9.17) is 4.74 Å². The molecule has 2 fully saturated rings. The second-order valence-electron chi connectivity index (χ2n) is 6.10. The second kappa shape index (κ2) is 9.98. The van der Waals surface area contributed by atoms with Gasteiger partial charge in [-0.25, -0.2) is 0 Å². The van der Waals surface area contributed by atoms with E-state index >= 15 is 0 Å². The molecule has 0 aromatic carbocycles. The largest absolute Gasteiger partial charge is 0.385 e. The van der Waals surface area contributed by atoms with Crippen molar-refractivity contribution in [2.24, 2.45) is 11.8 Å². The summed E-state index contributed by atoms with van der Waals surface area (Å²) in [5.74, 6) is 1.81. The molecular formula is C15H31ClN2O. The molecule has 2 aliphatic rings. The van der Waals surface area contributed by atoms with Gasteiger partial charge in [-0.2, -0.15) is 0 Å². The van der Waals surface area contributed by atoms with E-state index < -0.39 is 0 Å². The molecule has 0 spiro atoms. The zero-order valence-electron chi connectivity index (χ0n) is 12.4. The standard InChI is InChI=1S/C15H30N2O.ClH/c1-18-11-7-14-4-2-3-10-17(12-14)13-15-5-8-16-9-6-15;/h14-16H,2-13H2,1H3;1H. The van der Waals surface area contributed by atoms with Crippen molar-refractivity contribution in [1.29, 1.82) is 0 Å². The number of ether oxygens (including phenoxy) is 1. The Kier molecular flexibility index (Phi) is 9.04. The molecule has 3 nitrogen and oxygen atoms in total. The van der Waals surface area contributed by atoms with E-state index in [1.807, 2.05) is 7.11 Å². The highest BCUT2D eigenvalue weighted by atomic mass is 35.5. The van der Waals surface area contributed by atoms with Crippen LogP contribution in [0.15, 0.2) is 0 Å². The number of hydrogen-bond donors (Lipinski definition) is 1. The normalized spacial score (nSPS) is 26.7. The quantitative estimate of drug-likeness (QED) is 0.842. The summed E-state index contributed by atoms with van der Waals surface area (Å²) >= 11 is 0.